The van der Waals surface area contributed by atoms with Crippen LogP contribution in [0.4, 0.5) is 8.78 Å². The Morgan fingerprint density at radius 2 is 1.81 bits per heavy atom. The fraction of sp³-hybridized carbons (Fsp3) is 0.375. The molecule has 1 aromatic carbocycles. The summed E-state index contributed by atoms with van der Waals surface area (Å²) in [4.78, 5) is 8.80. The van der Waals surface area contributed by atoms with Crippen molar-refractivity contribution in [1.29, 1.82) is 0 Å². The SMILES string of the molecule is Cc1nc(C(C)C)nc(OCc2ccc(F)c(F)c2)c1C. The van der Waals surface area contributed by atoms with E-state index in [0.717, 1.165) is 23.4 Å². The molecular formula is C16H18F2N2O. The Labute approximate surface area is 123 Å². The molecule has 1 heterocycles. The van der Waals surface area contributed by atoms with Gasteiger partial charge in [-0.05, 0) is 31.5 Å². The molecule has 3 nitrogen and oxygen atoms in total. The molecule has 0 radical (unpaired) electrons. The van der Waals surface area contributed by atoms with E-state index in [-0.39, 0.29) is 12.5 Å². The van der Waals surface area contributed by atoms with Gasteiger partial charge in [-0.25, -0.2) is 13.8 Å². The Morgan fingerprint density at radius 3 is 2.43 bits per heavy atom. The van der Waals surface area contributed by atoms with Gasteiger partial charge in [0.1, 0.15) is 12.4 Å². The third kappa shape index (κ3) is 3.54. The van der Waals surface area contributed by atoms with Crippen LogP contribution < -0.4 is 4.74 Å². The second-order valence-electron chi connectivity index (χ2n) is 5.29. The number of halogens is 2. The van der Waals surface area contributed by atoms with Crippen molar-refractivity contribution in [2.45, 2.75) is 40.2 Å². The highest BCUT2D eigenvalue weighted by atomic mass is 19.2. The zero-order chi connectivity index (χ0) is 15.6. The average Bonchev–Trinajstić information content (AvgIpc) is 2.43. The van der Waals surface area contributed by atoms with E-state index in [1.165, 1.54) is 6.07 Å². The van der Waals surface area contributed by atoms with Gasteiger partial charge in [0, 0.05) is 17.2 Å². The smallest absolute Gasteiger partial charge is 0.220 e. The molecule has 2 aromatic rings. The number of aromatic nitrogens is 2. The van der Waals surface area contributed by atoms with Crippen LogP contribution in [0.5, 0.6) is 5.88 Å². The number of hydrogen-bond donors (Lipinski definition) is 0. The monoisotopic (exact) mass is 292 g/mol. The van der Waals surface area contributed by atoms with Crippen LogP contribution in [-0.4, -0.2) is 9.97 Å². The maximum absolute atomic E-state index is 13.2. The van der Waals surface area contributed by atoms with Crippen LogP contribution in [0.3, 0.4) is 0 Å². The molecule has 5 heteroatoms. The minimum absolute atomic E-state index is 0.131. The lowest BCUT2D eigenvalue weighted by Gasteiger charge is -2.13. The fourth-order valence-electron chi connectivity index (χ4n) is 1.80. The van der Waals surface area contributed by atoms with Crippen LogP contribution in [0.15, 0.2) is 18.2 Å². The molecule has 21 heavy (non-hydrogen) atoms. The molecule has 0 saturated heterocycles. The van der Waals surface area contributed by atoms with Crippen molar-refractivity contribution in [3.05, 3.63) is 52.5 Å². The van der Waals surface area contributed by atoms with Gasteiger partial charge in [0.05, 0.1) is 0 Å². The van der Waals surface area contributed by atoms with Gasteiger partial charge in [0.25, 0.3) is 0 Å². The lowest BCUT2D eigenvalue weighted by Crippen LogP contribution is -2.07. The van der Waals surface area contributed by atoms with Crippen molar-refractivity contribution >= 4 is 0 Å². The van der Waals surface area contributed by atoms with Gasteiger partial charge < -0.3 is 4.74 Å². The second-order valence-corrected chi connectivity index (χ2v) is 5.29. The van der Waals surface area contributed by atoms with Gasteiger partial charge in [-0.1, -0.05) is 19.9 Å². The third-order valence-electron chi connectivity index (χ3n) is 3.24. The van der Waals surface area contributed by atoms with Crippen molar-refractivity contribution in [2.24, 2.45) is 0 Å². The lowest BCUT2D eigenvalue weighted by atomic mass is 10.2. The summed E-state index contributed by atoms with van der Waals surface area (Å²) in [5, 5.41) is 0. The Morgan fingerprint density at radius 1 is 1.10 bits per heavy atom. The summed E-state index contributed by atoms with van der Waals surface area (Å²) < 4.78 is 31.7. The highest BCUT2D eigenvalue weighted by Gasteiger charge is 2.12. The number of aryl methyl sites for hydroxylation is 1. The number of benzene rings is 1. The molecule has 0 atom stereocenters. The van der Waals surface area contributed by atoms with Crippen LogP contribution >= 0.6 is 0 Å². The van der Waals surface area contributed by atoms with Crippen LogP contribution in [0.25, 0.3) is 0 Å². The van der Waals surface area contributed by atoms with Gasteiger partial charge >= 0.3 is 0 Å². The van der Waals surface area contributed by atoms with Gasteiger partial charge in [0.2, 0.25) is 5.88 Å². The predicted molar refractivity (Wildman–Crippen MR) is 76.3 cm³/mol. The van der Waals surface area contributed by atoms with E-state index >= 15 is 0 Å². The Kier molecular flexibility index (Phi) is 4.50. The molecule has 0 aliphatic heterocycles. The van der Waals surface area contributed by atoms with Crippen molar-refractivity contribution in [3.63, 3.8) is 0 Å². The second kappa shape index (κ2) is 6.16. The largest absolute Gasteiger partial charge is 0.473 e. The number of nitrogens with zero attached hydrogens (tertiary/aromatic N) is 2. The Bertz CT molecular complexity index is 657. The van der Waals surface area contributed by atoms with Crippen LogP contribution in [-0.2, 0) is 6.61 Å². The maximum atomic E-state index is 13.2. The molecule has 1 aromatic heterocycles. The molecular weight excluding hydrogens is 274 g/mol. The quantitative estimate of drug-likeness (QED) is 0.852. The van der Waals surface area contributed by atoms with E-state index in [9.17, 15) is 8.78 Å². The van der Waals surface area contributed by atoms with E-state index < -0.39 is 11.6 Å². The van der Waals surface area contributed by atoms with E-state index in [0.29, 0.717) is 17.3 Å². The van der Waals surface area contributed by atoms with Crippen molar-refractivity contribution in [2.75, 3.05) is 0 Å². The van der Waals surface area contributed by atoms with E-state index in [2.05, 4.69) is 9.97 Å². The summed E-state index contributed by atoms with van der Waals surface area (Å²) in [6, 6.07) is 3.71. The van der Waals surface area contributed by atoms with Crippen molar-refractivity contribution in [1.82, 2.24) is 9.97 Å². The van der Waals surface area contributed by atoms with E-state index in [1.54, 1.807) is 0 Å². The minimum Gasteiger partial charge on any atom is -0.473 e. The van der Waals surface area contributed by atoms with E-state index in [1.807, 2.05) is 27.7 Å². The van der Waals surface area contributed by atoms with Gasteiger partial charge in [0.15, 0.2) is 11.6 Å². The van der Waals surface area contributed by atoms with E-state index in [4.69, 9.17) is 4.74 Å². The first-order valence-corrected chi connectivity index (χ1v) is 6.80. The first-order valence-electron chi connectivity index (χ1n) is 6.80. The highest BCUT2D eigenvalue weighted by Crippen LogP contribution is 2.22. The van der Waals surface area contributed by atoms with Crippen LogP contribution in [0.2, 0.25) is 0 Å². The lowest BCUT2D eigenvalue weighted by molar-refractivity contribution is 0.288. The minimum atomic E-state index is -0.880. The summed E-state index contributed by atoms with van der Waals surface area (Å²) in [6.45, 7) is 7.91. The van der Waals surface area contributed by atoms with Gasteiger partial charge in [-0.15, -0.1) is 0 Å². The summed E-state index contributed by atoms with van der Waals surface area (Å²) in [5.74, 6) is -0.367. The van der Waals surface area contributed by atoms with Crippen LogP contribution in [0, 0.1) is 25.5 Å². The summed E-state index contributed by atoms with van der Waals surface area (Å²) in [6.07, 6.45) is 0. The fourth-order valence-corrected chi connectivity index (χ4v) is 1.80. The standard InChI is InChI=1S/C16H18F2N2O/c1-9(2)15-19-11(4)10(3)16(20-15)21-8-12-5-6-13(17)14(18)7-12/h5-7,9H,8H2,1-4H3. The summed E-state index contributed by atoms with van der Waals surface area (Å²) in [7, 11) is 0. The number of ether oxygens (including phenoxy) is 1. The molecule has 0 saturated carbocycles. The maximum Gasteiger partial charge on any atom is 0.220 e. The summed E-state index contributed by atoms with van der Waals surface area (Å²) in [5.41, 5.74) is 2.26. The molecule has 0 unspecified atom stereocenters. The molecule has 0 spiro atoms. The third-order valence-corrected chi connectivity index (χ3v) is 3.24. The van der Waals surface area contributed by atoms with Crippen molar-refractivity contribution < 1.29 is 13.5 Å². The molecule has 0 N–H and O–H groups in total. The molecule has 0 aliphatic rings. The molecule has 2 rings (SSSR count). The number of hydrogen-bond acceptors (Lipinski definition) is 3. The topological polar surface area (TPSA) is 35.0 Å². The van der Waals surface area contributed by atoms with Crippen LogP contribution in [0.1, 0.15) is 42.4 Å². The first-order chi connectivity index (χ1) is 9.88. The first kappa shape index (κ1) is 15.4. The zero-order valence-corrected chi connectivity index (χ0v) is 12.6. The molecule has 112 valence electrons. The normalized spacial score (nSPS) is 11.0. The molecule has 0 fully saturated rings. The number of rotatable bonds is 4. The molecule has 0 aliphatic carbocycles. The predicted octanol–water partition coefficient (Wildman–Crippen LogP) is 4.07. The molecule has 0 bridgehead atoms. The molecule has 0 amide bonds. The Balaban J connectivity index is 2.21. The van der Waals surface area contributed by atoms with Gasteiger partial charge in [-0.3, -0.25) is 0 Å². The Hall–Kier alpha value is -2.04. The average molecular weight is 292 g/mol. The highest BCUT2D eigenvalue weighted by molar-refractivity contribution is 5.29. The van der Waals surface area contributed by atoms with Crippen molar-refractivity contribution in [3.8, 4) is 5.88 Å². The van der Waals surface area contributed by atoms with Gasteiger partial charge in [-0.2, -0.15) is 4.98 Å². The zero-order valence-electron chi connectivity index (χ0n) is 12.6. The summed E-state index contributed by atoms with van der Waals surface area (Å²) >= 11 is 0.